The van der Waals surface area contributed by atoms with E-state index in [2.05, 4.69) is 10.3 Å². The zero-order valence-electron chi connectivity index (χ0n) is 8.35. The highest BCUT2D eigenvalue weighted by molar-refractivity contribution is 7.07. The zero-order chi connectivity index (χ0) is 10.7. The van der Waals surface area contributed by atoms with Crippen LogP contribution in [0.4, 0.5) is 0 Å². The van der Waals surface area contributed by atoms with E-state index in [0.29, 0.717) is 5.69 Å². The minimum atomic E-state index is -0.183. The molecule has 0 atom stereocenters. The molecule has 0 spiro atoms. The van der Waals surface area contributed by atoms with Gasteiger partial charge in [-0.1, -0.05) is 0 Å². The van der Waals surface area contributed by atoms with Crippen LogP contribution in [0, 0.1) is 0 Å². The first-order valence-electron chi connectivity index (χ1n) is 5.13. The standard InChI is InChI=1S/C10H14N2O2S/c13-8-3-1-7(2-4-8)12-10(14)9-5-15-6-11-9/h5-8,13H,1-4H2,(H,12,14). The number of nitrogens with one attached hydrogen (secondary N) is 1. The van der Waals surface area contributed by atoms with Gasteiger partial charge in [-0.05, 0) is 25.7 Å². The summed E-state index contributed by atoms with van der Waals surface area (Å²) in [6, 6.07) is 0.197. The average molecular weight is 226 g/mol. The highest BCUT2D eigenvalue weighted by atomic mass is 32.1. The van der Waals surface area contributed by atoms with Crippen LogP contribution in [0.1, 0.15) is 36.2 Å². The molecule has 82 valence electrons. The van der Waals surface area contributed by atoms with Crippen molar-refractivity contribution in [3.05, 3.63) is 16.6 Å². The van der Waals surface area contributed by atoms with Crippen molar-refractivity contribution in [1.82, 2.24) is 10.3 Å². The predicted molar refractivity (Wildman–Crippen MR) is 57.8 cm³/mol. The summed E-state index contributed by atoms with van der Waals surface area (Å²) in [5, 5.41) is 14.0. The SMILES string of the molecule is O=C(NC1CCC(O)CC1)c1cscn1. The van der Waals surface area contributed by atoms with Crippen LogP contribution < -0.4 is 5.32 Å². The fourth-order valence-corrected chi connectivity index (χ4v) is 2.34. The molecule has 1 aromatic heterocycles. The van der Waals surface area contributed by atoms with Crippen molar-refractivity contribution in [1.29, 1.82) is 0 Å². The Morgan fingerprint density at radius 3 is 2.80 bits per heavy atom. The summed E-state index contributed by atoms with van der Waals surface area (Å²) in [5.41, 5.74) is 2.14. The van der Waals surface area contributed by atoms with E-state index >= 15 is 0 Å². The third-order valence-corrected chi connectivity index (χ3v) is 3.28. The van der Waals surface area contributed by atoms with Crippen molar-refractivity contribution >= 4 is 17.2 Å². The molecule has 2 N–H and O–H groups in total. The fraction of sp³-hybridized carbons (Fsp3) is 0.600. The molecule has 1 fully saturated rings. The summed E-state index contributed by atoms with van der Waals surface area (Å²) in [6.45, 7) is 0. The van der Waals surface area contributed by atoms with Gasteiger partial charge in [-0.15, -0.1) is 11.3 Å². The summed E-state index contributed by atoms with van der Waals surface area (Å²) in [4.78, 5) is 15.6. The Morgan fingerprint density at radius 2 is 2.20 bits per heavy atom. The number of carbonyl (C=O) groups is 1. The minimum Gasteiger partial charge on any atom is -0.393 e. The second kappa shape index (κ2) is 4.72. The largest absolute Gasteiger partial charge is 0.393 e. The molecule has 15 heavy (non-hydrogen) atoms. The number of carbonyl (C=O) groups excluding carboxylic acids is 1. The average Bonchev–Trinajstić information content (AvgIpc) is 2.74. The van der Waals surface area contributed by atoms with Gasteiger partial charge < -0.3 is 10.4 Å². The van der Waals surface area contributed by atoms with Crippen LogP contribution in [0.25, 0.3) is 0 Å². The lowest BCUT2D eigenvalue weighted by Crippen LogP contribution is -2.38. The number of hydrogen-bond acceptors (Lipinski definition) is 4. The number of aromatic nitrogens is 1. The highest BCUT2D eigenvalue weighted by Gasteiger charge is 2.21. The van der Waals surface area contributed by atoms with E-state index in [1.807, 2.05) is 0 Å². The van der Waals surface area contributed by atoms with Gasteiger partial charge >= 0.3 is 0 Å². The molecule has 0 unspecified atom stereocenters. The Hall–Kier alpha value is -0.940. The Balaban J connectivity index is 1.85. The maximum Gasteiger partial charge on any atom is 0.270 e. The first-order chi connectivity index (χ1) is 7.25. The minimum absolute atomic E-state index is 0.0994. The summed E-state index contributed by atoms with van der Waals surface area (Å²) in [5.74, 6) is -0.0994. The van der Waals surface area contributed by atoms with Crippen LogP contribution in [-0.4, -0.2) is 28.1 Å². The normalized spacial score (nSPS) is 26.2. The second-order valence-corrected chi connectivity index (χ2v) is 4.57. The molecule has 1 saturated carbocycles. The van der Waals surface area contributed by atoms with Crippen LogP contribution >= 0.6 is 11.3 Å². The molecule has 1 amide bonds. The lowest BCUT2D eigenvalue weighted by Gasteiger charge is -2.25. The fourth-order valence-electron chi connectivity index (χ4n) is 1.80. The molecule has 1 aliphatic carbocycles. The van der Waals surface area contributed by atoms with Crippen LogP contribution in [0.5, 0.6) is 0 Å². The van der Waals surface area contributed by atoms with Gasteiger partial charge in [-0.25, -0.2) is 4.98 Å². The van der Waals surface area contributed by atoms with E-state index in [0.717, 1.165) is 25.7 Å². The van der Waals surface area contributed by atoms with Gasteiger partial charge in [-0.2, -0.15) is 0 Å². The lowest BCUT2D eigenvalue weighted by molar-refractivity contribution is 0.0864. The quantitative estimate of drug-likeness (QED) is 0.796. The van der Waals surface area contributed by atoms with Gasteiger partial charge in [0.2, 0.25) is 0 Å². The number of nitrogens with zero attached hydrogens (tertiary/aromatic N) is 1. The second-order valence-electron chi connectivity index (χ2n) is 3.85. The summed E-state index contributed by atoms with van der Waals surface area (Å²) in [7, 11) is 0. The van der Waals surface area contributed by atoms with Crippen molar-refractivity contribution in [3.8, 4) is 0 Å². The number of aliphatic hydroxyl groups excluding tert-OH is 1. The van der Waals surface area contributed by atoms with E-state index in [1.54, 1.807) is 10.9 Å². The van der Waals surface area contributed by atoms with Crippen molar-refractivity contribution in [2.75, 3.05) is 0 Å². The van der Waals surface area contributed by atoms with Crippen molar-refractivity contribution in [2.45, 2.75) is 37.8 Å². The van der Waals surface area contributed by atoms with Gasteiger partial charge in [0.1, 0.15) is 5.69 Å². The van der Waals surface area contributed by atoms with E-state index in [-0.39, 0.29) is 18.1 Å². The third kappa shape index (κ3) is 2.76. The molecule has 1 heterocycles. The molecule has 4 nitrogen and oxygen atoms in total. The Kier molecular flexibility index (Phi) is 3.33. The maximum absolute atomic E-state index is 11.6. The molecule has 5 heteroatoms. The zero-order valence-corrected chi connectivity index (χ0v) is 9.17. The maximum atomic E-state index is 11.6. The van der Waals surface area contributed by atoms with Gasteiger partial charge in [0.05, 0.1) is 11.6 Å². The molecular weight excluding hydrogens is 212 g/mol. The third-order valence-electron chi connectivity index (χ3n) is 2.70. The first-order valence-corrected chi connectivity index (χ1v) is 6.07. The first kappa shape index (κ1) is 10.6. The summed E-state index contributed by atoms with van der Waals surface area (Å²) in [6.07, 6.45) is 3.09. The molecule has 0 aliphatic heterocycles. The van der Waals surface area contributed by atoms with Crippen LogP contribution in [0.15, 0.2) is 10.9 Å². The molecular formula is C10H14N2O2S. The van der Waals surface area contributed by atoms with E-state index < -0.39 is 0 Å². The number of rotatable bonds is 2. The molecule has 0 radical (unpaired) electrons. The van der Waals surface area contributed by atoms with E-state index in [9.17, 15) is 9.90 Å². The van der Waals surface area contributed by atoms with Crippen molar-refractivity contribution in [3.63, 3.8) is 0 Å². The van der Waals surface area contributed by atoms with Crippen molar-refractivity contribution in [2.24, 2.45) is 0 Å². The smallest absolute Gasteiger partial charge is 0.270 e. The number of thiazole rings is 1. The van der Waals surface area contributed by atoms with Gasteiger partial charge in [0.25, 0.3) is 5.91 Å². The Bertz CT molecular complexity index is 318. The molecule has 0 bridgehead atoms. The molecule has 0 aromatic carbocycles. The van der Waals surface area contributed by atoms with Crippen LogP contribution in [0.3, 0.4) is 0 Å². The molecule has 0 saturated heterocycles. The van der Waals surface area contributed by atoms with Crippen molar-refractivity contribution < 1.29 is 9.90 Å². The summed E-state index contributed by atoms with van der Waals surface area (Å²) < 4.78 is 0. The number of aliphatic hydroxyl groups is 1. The number of hydrogen-bond donors (Lipinski definition) is 2. The molecule has 2 rings (SSSR count). The lowest BCUT2D eigenvalue weighted by atomic mass is 9.93. The van der Waals surface area contributed by atoms with Gasteiger partial charge in [0.15, 0.2) is 0 Å². The Labute approximate surface area is 92.3 Å². The summed E-state index contributed by atoms with van der Waals surface area (Å²) >= 11 is 1.42. The van der Waals surface area contributed by atoms with E-state index in [1.165, 1.54) is 11.3 Å². The van der Waals surface area contributed by atoms with Gasteiger partial charge in [0, 0.05) is 11.4 Å². The molecule has 1 aliphatic rings. The molecule has 1 aromatic rings. The number of amides is 1. The van der Waals surface area contributed by atoms with Crippen LogP contribution in [0.2, 0.25) is 0 Å². The van der Waals surface area contributed by atoms with Gasteiger partial charge in [-0.3, -0.25) is 4.79 Å². The Morgan fingerprint density at radius 1 is 1.47 bits per heavy atom. The van der Waals surface area contributed by atoms with E-state index in [4.69, 9.17) is 0 Å². The predicted octanol–water partition coefficient (Wildman–Crippen LogP) is 1.18. The highest BCUT2D eigenvalue weighted by Crippen LogP contribution is 2.18. The van der Waals surface area contributed by atoms with Crippen LogP contribution in [-0.2, 0) is 0 Å². The topological polar surface area (TPSA) is 62.2 Å². The monoisotopic (exact) mass is 226 g/mol.